The van der Waals surface area contributed by atoms with Crippen LogP contribution in [-0.2, 0) is 9.53 Å². The van der Waals surface area contributed by atoms with E-state index in [1.54, 1.807) is 35.5 Å². The summed E-state index contributed by atoms with van der Waals surface area (Å²) in [4.78, 5) is 21.2. The Morgan fingerprint density at radius 2 is 1.89 bits per heavy atom. The first-order valence-electron chi connectivity index (χ1n) is 9.02. The van der Waals surface area contributed by atoms with Crippen molar-refractivity contribution in [1.29, 1.82) is 0 Å². The number of ether oxygens (including phenoxy) is 2. The molecule has 0 spiro atoms. The van der Waals surface area contributed by atoms with Crippen molar-refractivity contribution >= 4 is 23.4 Å². The summed E-state index contributed by atoms with van der Waals surface area (Å²) in [7, 11) is 0. The third-order valence-corrected chi connectivity index (χ3v) is 4.70. The number of anilines is 2. The second kappa shape index (κ2) is 7.77. The van der Waals surface area contributed by atoms with Gasteiger partial charge in [0.15, 0.2) is 11.5 Å². The first-order chi connectivity index (χ1) is 13.2. The van der Waals surface area contributed by atoms with E-state index in [0.717, 1.165) is 44.1 Å². The second-order valence-electron chi connectivity index (χ2n) is 6.53. The van der Waals surface area contributed by atoms with E-state index in [2.05, 4.69) is 9.88 Å². The van der Waals surface area contributed by atoms with E-state index in [9.17, 15) is 4.79 Å². The Hall–Kier alpha value is -2.90. The molecule has 1 amide bonds. The van der Waals surface area contributed by atoms with Crippen molar-refractivity contribution in [2.45, 2.75) is 0 Å². The Morgan fingerprint density at radius 1 is 1.11 bits per heavy atom. The number of nitrogen functional groups attached to an aromatic ring is 1. The number of morpholine rings is 1. The molecule has 2 aliphatic heterocycles. The number of amides is 1. The van der Waals surface area contributed by atoms with Crippen LogP contribution < -0.4 is 15.4 Å². The monoisotopic (exact) mass is 366 g/mol. The summed E-state index contributed by atoms with van der Waals surface area (Å²) in [5, 5.41) is 0. The van der Waals surface area contributed by atoms with Crippen molar-refractivity contribution in [3.05, 3.63) is 54.0 Å². The minimum Gasteiger partial charge on any atom is -0.449 e. The lowest BCUT2D eigenvalue weighted by atomic mass is 10.1. The summed E-state index contributed by atoms with van der Waals surface area (Å²) >= 11 is 0. The SMILES string of the molecule is Nc1ccc2c(c1)O/C(=C/c1ccncc1)C(=O)N2CCN1CCOCC1. The first-order valence-corrected chi connectivity index (χ1v) is 9.02. The van der Waals surface area contributed by atoms with E-state index in [4.69, 9.17) is 15.2 Å². The highest BCUT2D eigenvalue weighted by molar-refractivity contribution is 6.10. The molecule has 2 aromatic rings. The van der Waals surface area contributed by atoms with Crippen LogP contribution in [0.1, 0.15) is 5.56 Å². The van der Waals surface area contributed by atoms with Gasteiger partial charge >= 0.3 is 0 Å². The van der Waals surface area contributed by atoms with E-state index < -0.39 is 0 Å². The summed E-state index contributed by atoms with van der Waals surface area (Å²) in [6.45, 7) is 4.59. The molecule has 1 fully saturated rings. The molecule has 0 aliphatic carbocycles. The molecule has 1 aromatic carbocycles. The van der Waals surface area contributed by atoms with Crippen molar-refractivity contribution in [3.63, 3.8) is 0 Å². The number of carbonyl (C=O) groups is 1. The predicted octanol–water partition coefficient (Wildman–Crippen LogP) is 1.76. The van der Waals surface area contributed by atoms with Gasteiger partial charge in [-0.05, 0) is 35.9 Å². The van der Waals surface area contributed by atoms with E-state index in [0.29, 0.717) is 18.0 Å². The zero-order valence-corrected chi connectivity index (χ0v) is 15.0. The van der Waals surface area contributed by atoms with Gasteiger partial charge in [0.05, 0.1) is 18.9 Å². The predicted molar refractivity (Wildman–Crippen MR) is 103 cm³/mol. The lowest BCUT2D eigenvalue weighted by Gasteiger charge is -2.33. The zero-order chi connectivity index (χ0) is 18.6. The van der Waals surface area contributed by atoms with Crippen LogP contribution in [0.5, 0.6) is 5.75 Å². The Bertz CT molecular complexity index is 848. The summed E-state index contributed by atoms with van der Waals surface area (Å²) < 4.78 is 11.3. The van der Waals surface area contributed by atoms with Crippen LogP contribution in [0.15, 0.2) is 48.5 Å². The molecule has 2 N–H and O–H groups in total. The Labute approximate surface area is 158 Å². The van der Waals surface area contributed by atoms with Gasteiger partial charge in [-0.2, -0.15) is 0 Å². The average molecular weight is 366 g/mol. The number of rotatable bonds is 4. The fraction of sp³-hybridized carbons (Fsp3) is 0.300. The summed E-state index contributed by atoms with van der Waals surface area (Å²) in [5.74, 6) is 0.718. The smallest absolute Gasteiger partial charge is 0.294 e. The van der Waals surface area contributed by atoms with Gasteiger partial charge in [-0.3, -0.25) is 14.7 Å². The molecule has 0 bridgehead atoms. The highest BCUT2D eigenvalue weighted by Gasteiger charge is 2.30. The standard InChI is InChI=1S/C20H22N4O3/c21-16-1-2-17-18(14-16)27-19(13-15-3-5-22-6-4-15)20(25)24(17)8-7-23-9-11-26-12-10-23/h1-6,13-14H,7-12,21H2/b19-13+. The van der Waals surface area contributed by atoms with Gasteiger partial charge in [0, 0.05) is 50.3 Å². The maximum absolute atomic E-state index is 13.1. The van der Waals surface area contributed by atoms with E-state index in [-0.39, 0.29) is 11.7 Å². The minimum absolute atomic E-state index is 0.155. The number of hydrogen-bond acceptors (Lipinski definition) is 6. The van der Waals surface area contributed by atoms with Gasteiger partial charge in [0.2, 0.25) is 0 Å². The molecule has 0 unspecified atom stereocenters. The number of benzene rings is 1. The van der Waals surface area contributed by atoms with Gasteiger partial charge in [-0.15, -0.1) is 0 Å². The van der Waals surface area contributed by atoms with Crippen LogP contribution in [0.4, 0.5) is 11.4 Å². The third kappa shape index (κ3) is 3.94. The van der Waals surface area contributed by atoms with Crippen molar-refractivity contribution < 1.29 is 14.3 Å². The fourth-order valence-electron chi connectivity index (χ4n) is 3.23. The third-order valence-electron chi connectivity index (χ3n) is 4.70. The molecule has 3 heterocycles. The van der Waals surface area contributed by atoms with E-state index in [1.807, 2.05) is 18.2 Å². The summed E-state index contributed by atoms with van der Waals surface area (Å²) in [5.41, 5.74) is 8.11. The van der Waals surface area contributed by atoms with Crippen molar-refractivity contribution in [2.75, 3.05) is 50.0 Å². The van der Waals surface area contributed by atoms with Crippen LogP contribution in [-0.4, -0.2) is 55.2 Å². The number of hydrogen-bond donors (Lipinski definition) is 1. The highest BCUT2D eigenvalue weighted by atomic mass is 16.5. The lowest BCUT2D eigenvalue weighted by molar-refractivity contribution is -0.117. The number of fused-ring (bicyclic) bond motifs is 1. The molecule has 7 nitrogen and oxygen atoms in total. The lowest BCUT2D eigenvalue weighted by Crippen LogP contribution is -2.45. The van der Waals surface area contributed by atoms with Gasteiger partial charge in [0.1, 0.15) is 0 Å². The highest BCUT2D eigenvalue weighted by Crippen LogP contribution is 2.37. The molecular weight excluding hydrogens is 344 g/mol. The van der Waals surface area contributed by atoms with Crippen molar-refractivity contribution in [2.24, 2.45) is 0 Å². The number of nitrogens with two attached hydrogens (primary N) is 1. The molecule has 2 aliphatic rings. The van der Waals surface area contributed by atoms with Crippen LogP contribution in [0, 0.1) is 0 Å². The Kier molecular flexibility index (Phi) is 5.04. The minimum atomic E-state index is -0.155. The molecule has 0 atom stereocenters. The molecule has 27 heavy (non-hydrogen) atoms. The van der Waals surface area contributed by atoms with Crippen molar-refractivity contribution in [3.8, 4) is 5.75 Å². The van der Waals surface area contributed by atoms with Gasteiger partial charge in [-0.25, -0.2) is 0 Å². The molecule has 0 radical (unpaired) electrons. The topological polar surface area (TPSA) is 80.9 Å². The molecule has 4 rings (SSSR count). The van der Waals surface area contributed by atoms with Gasteiger partial charge < -0.3 is 20.1 Å². The maximum atomic E-state index is 13.1. The molecular formula is C20H22N4O3. The summed E-state index contributed by atoms with van der Waals surface area (Å²) in [6, 6.07) is 9.04. The van der Waals surface area contributed by atoms with E-state index >= 15 is 0 Å². The van der Waals surface area contributed by atoms with Crippen LogP contribution >= 0.6 is 0 Å². The van der Waals surface area contributed by atoms with Gasteiger partial charge in [-0.1, -0.05) is 0 Å². The molecule has 7 heteroatoms. The second-order valence-corrected chi connectivity index (χ2v) is 6.53. The summed E-state index contributed by atoms with van der Waals surface area (Å²) in [6.07, 6.45) is 5.10. The van der Waals surface area contributed by atoms with Crippen LogP contribution in [0.25, 0.3) is 6.08 Å². The molecule has 1 saturated heterocycles. The molecule has 140 valence electrons. The quantitative estimate of drug-likeness (QED) is 0.656. The normalized spacial score (nSPS) is 19.0. The number of pyridine rings is 1. The number of carbonyl (C=O) groups excluding carboxylic acids is 1. The molecule has 1 aromatic heterocycles. The van der Waals surface area contributed by atoms with E-state index in [1.165, 1.54) is 0 Å². The van der Waals surface area contributed by atoms with Gasteiger partial charge in [0.25, 0.3) is 5.91 Å². The number of nitrogens with zero attached hydrogens (tertiary/aromatic N) is 3. The number of aromatic nitrogens is 1. The van der Waals surface area contributed by atoms with Crippen LogP contribution in [0.3, 0.4) is 0 Å². The Morgan fingerprint density at radius 3 is 2.67 bits per heavy atom. The zero-order valence-electron chi connectivity index (χ0n) is 15.0. The first kappa shape index (κ1) is 17.5. The average Bonchev–Trinajstić information content (AvgIpc) is 2.70. The fourth-order valence-corrected chi connectivity index (χ4v) is 3.23. The Balaban J connectivity index is 1.61. The largest absolute Gasteiger partial charge is 0.449 e. The maximum Gasteiger partial charge on any atom is 0.294 e. The van der Waals surface area contributed by atoms with Crippen molar-refractivity contribution in [1.82, 2.24) is 9.88 Å². The van der Waals surface area contributed by atoms with Crippen LogP contribution in [0.2, 0.25) is 0 Å². The molecule has 0 saturated carbocycles.